The van der Waals surface area contributed by atoms with E-state index in [1.807, 2.05) is 11.0 Å². The van der Waals surface area contributed by atoms with Crippen molar-refractivity contribution >= 4 is 5.91 Å². The summed E-state index contributed by atoms with van der Waals surface area (Å²) in [5.41, 5.74) is 0.422. The Bertz CT molecular complexity index is 936. The van der Waals surface area contributed by atoms with Crippen molar-refractivity contribution in [1.82, 2.24) is 19.4 Å². The monoisotopic (exact) mass is 382 g/mol. The van der Waals surface area contributed by atoms with E-state index in [2.05, 4.69) is 34.1 Å². The molecule has 0 aliphatic carbocycles. The number of nitrogens with zero attached hydrogens (tertiary/aromatic N) is 3. The molecule has 0 spiro atoms. The Morgan fingerprint density at radius 2 is 1.86 bits per heavy atom. The van der Waals surface area contributed by atoms with Crippen molar-refractivity contribution in [3.8, 4) is 0 Å². The molecule has 7 nitrogen and oxygen atoms in total. The summed E-state index contributed by atoms with van der Waals surface area (Å²) in [4.78, 5) is 42.5. The molecule has 5 rings (SSSR count). The van der Waals surface area contributed by atoms with E-state index in [9.17, 15) is 14.4 Å². The van der Waals surface area contributed by atoms with Crippen LogP contribution in [0.15, 0.2) is 52.2 Å². The number of rotatable bonds is 5. The minimum absolute atomic E-state index is 0.0801. The van der Waals surface area contributed by atoms with Crippen LogP contribution in [0.3, 0.4) is 0 Å². The van der Waals surface area contributed by atoms with Crippen LogP contribution in [0.1, 0.15) is 24.8 Å². The van der Waals surface area contributed by atoms with E-state index in [-0.39, 0.29) is 18.9 Å². The van der Waals surface area contributed by atoms with Crippen molar-refractivity contribution in [3.63, 3.8) is 0 Å². The smallest absolute Gasteiger partial charge is 0.328 e. The van der Waals surface area contributed by atoms with Crippen molar-refractivity contribution in [2.75, 3.05) is 19.6 Å². The number of H-pyrrole nitrogens is 1. The third-order valence-electron chi connectivity index (χ3n) is 5.87. The second-order valence-electron chi connectivity index (χ2n) is 7.86. The Kier molecular flexibility index (Phi) is 5.43. The molecule has 2 unspecified atom stereocenters. The lowest BCUT2D eigenvalue weighted by atomic mass is 9.94. The van der Waals surface area contributed by atoms with Gasteiger partial charge in [0.1, 0.15) is 0 Å². The number of fused-ring (bicyclic) bond motifs is 4. The van der Waals surface area contributed by atoms with Gasteiger partial charge in [-0.1, -0.05) is 30.3 Å². The van der Waals surface area contributed by atoms with E-state index in [4.69, 9.17) is 0 Å². The summed E-state index contributed by atoms with van der Waals surface area (Å²) in [6, 6.07) is 12.2. The van der Waals surface area contributed by atoms with Crippen LogP contribution in [0.2, 0.25) is 0 Å². The Morgan fingerprint density at radius 1 is 1.04 bits per heavy atom. The lowest BCUT2D eigenvalue weighted by Crippen LogP contribution is -2.44. The van der Waals surface area contributed by atoms with Crippen LogP contribution < -0.4 is 11.2 Å². The maximum absolute atomic E-state index is 12.8. The first-order chi connectivity index (χ1) is 13.6. The number of benzene rings is 1. The van der Waals surface area contributed by atoms with Crippen LogP contribution in [-0.4, -0.2) is 50.9 Å². The average molecular weight is 382 g/mol. The maximum Gasteiger partial charge on any atom is 0.328 e. The number of piperidine rings is 1. The van der Waals surface area contributed by atoms with Gasteiger partial charge in [0.2, 0.25) is 5.91 Å². The summed E-state index contributed by atoms with van der Waals surface area (Å²) in [6.07, 6.45) is 4.01. The molecule has 3 saturated heterocycles. The quantitative estimate of drug-likeness (QED) is 0.839. The van der Waals surface area contributed by atoms with Gasteiger partial charge < -0.3 is 9.47 Å². The van der Waals surface area contributed by atoms with E-state index < -0.39 is 11.2 Å². The zero-order chi connectivity index (χ0) is 19.5. The fourth-order valence-corrected chi connectivity index (χ4v) is 4.39. The minimum Gasteiger partial charge on any atom is -0.341 e. The highest BCUT2D eigenvalue weighted by Crippen LogP contribution is 2.29. The van der Waals surface area contributed by atoms with Gasteiger partial charge in [-0.3, -0.25) is 19.5 Å². The van der Waals surface area contributed by atoms with Gasteiger partial charge in [0.15, 0.2) is 0 Å². The summed E-state index contributed by atoms with van der Waals surface area (Å²) in [5.74, 6) is 0.582. The lowest BCUT2D eigenvalue weighted by Gasteiger charge is -2.36. The van der Waals surface area contributed by atoms with Crippen LogP contribution >= 0.6 is 0 Å². The first-order valence-corrected chi connectivity index (χ1v) is 9.94. The van der Waals surface area contributed by atoms with Crippen molar-refractivity contribution in [2.45, 2.75) is 38.4 Å². The fraction of sp³-hybridized carbons (Fsp3) is 0.476. The van der Waals surface area contributed by atoms with Gasteiger partial charge in [0.05, 0.1) is 0 Å². The second-order valence-corrected chi connectivity index (χ2v) is 7.86. The highest BCUT2D eigenvalue weighted by molar-refractivity contribution is 5.76. The molecule has 3 aliphatic rings. The molecule has 0 radical (unpaired) electrons. The fourth-order valence-electron chi connectivity index (χ4n) is 4.39. The highest BCUT2D eigenvalue weighted by Gasteiger charge is 2.36. The summed E-state index contributed by atoms with van der Waals surface area (Å²) in [6.45, 7) is 3.79. The second kappa shape index (κ2) is 8.14. The number of aromatic amines is 1. The molecule has 0 saturated carbocycles. The van der Waals surface area contributed by atoms with E-state index >= 15 is 0 Å². The van der Waals surface area contributed by atoms with Gasteiger partial charge in [-0.2, -0.15) is 0 Å². The molecule has 7 heteroatoms. The molecule has 2 atom stereocenters. The predicted molar refractivity (Wildman–Crippen MR) is 106 cm³/mol. The molecule has 1 aromatic heterocycles. The molecular weight excluding hydrogens is 356 g/mol. The molecule has 1 N–H and O–H groups in total. The minimum atomic E-state index is -0.467. The first-order valence-electron chi connectivity index (χ1n) is 9.94. The Labute approximate surface area is 163 Å². The predicted octanol–water partition coefficient (Wildman–Crippen LogP) is 1.05. The Morgan fingerprint density at radius 3 is 2.64 bits per heavy atom. The van der Waals surface area contributed by atoms with Crippen LogP contribution in [0.25, 0.3) is 0 Å². The maximum atomic E-state index is 12.8. The SMILES string of the molecule is O=C(CCn1ccc(=O)[nH]c1=O)N1CC2CCC(C1)N(Cc1ccccc1)C2. The zero-order valence-electron chi connectivity index (χ0n) is 15.9. The number of aryl methyl sites for hydroxylation is 1. The largest absolute Gasteiger partial charge is 0.341 e. The van der Waals surface area contributed by atoms with Gasteiger partial charge in [0.25, 0.3) is 5.56 Å². The number of amides is 1. The van der Waals surface area contributed by atoms with E-state index in [1.165, 1.54) is 28.8 Å². The van der Waals surface area contributed by atoms with Gasteiger partial charge in [0, 0.05) is 57.4 Å². The third-order valence-corrected chi connectivity index (χ3v) is 5.87. The van der Waals surface area contributed by atoms with Crippen LogP contribution in [-0.2, 0) is 17.9 Å². The Hall–Kier alpha value is -2.67. The van der Waals surface area contributed by atoms with E-state index in [0.717, 1.165) is 32.6 Å². The molecule has 28 heavy (non-hydrogen) atoms. The Balaban J connectivity index is 1.39. The first kappa shape index (κ1) is 18.7. The van der Waals surface area contributed by atoms with Crippen LogP contribution in [0.5, 0.6) is 0 Å². The number of hydrogen-bond donors (Lipinski definition) is 1. The molecule has 1 amide bonds. The normalized spacial score (nSPS) is 22.2. The van der Waals surface area contributed by atoms with Crippen molar-refractivity contribution < 1.29 is 4.79 Å². The molecule has 3 aliphatic heterocycles. The topological polar surface area (TPSA) is 78.4 Å². The average Bonchev–Trinajstić information content (AvgIpc) is 3.00. The van der Waals surface area contributed by atoms with Crippen molar-refractivity contribution in [3.05, 3.63) is 69.0 Å². The summed E-state index contributed by atoms with van der Waals surface area (Å²) in [7, 11) is 0. The summed E-state index contributed by atoms with van der Waals surface area (Å²) >= 11 is 0. The highest BCUT2D eigenvalue weighted by atomic mass is 16.2. The van der Waals surface area contributed by atoms with Crippen molar-refractivity contribution in [2.24, 2.45) is 5.92 Å². The molecule has 148 valence electrons. The van der Waals surface area contributed by atoms with E-state index in [1.54, 1.807) is 0 Å². The summed E-state index contributed by atoms with van der Waals surface area (Å²) < 4.78 is 1.38. The molecule has 2 aromatic rings. The van der Waals surface area contributed by atoms with E-state index in [0.29, 0.717) is 12.0 Å². The lowest BCUT2D eigenvalue weighted by molar-refractivity contribution is -0.131. The number of carbonyl (C=O) groups excluding carboxylic acids is 1. The molecule has 2 bridgehead atoms. The number of aromatic nitrogens is 2. The van der Waals surface area contributed by atoms with Crippen LogP contribution in [0.4, 0.5) is 0 Å². The molecule has 4 heterocycles. The molecule has 3 fully saturated rings. The zero-order valence-corrected chi connectivity index (χ0v) is 15.9. The standard InChI is InChI=1S/C21H26N4O3/c26-19-8-10-23(21(28)22-19)11-9-20(27)25-14-17-6-7-18(15-25)24(13-17)12-16-4-2-1-3-5-16/h1-5,8,10,17-18H,6-7,9,11-15H2,(H,22,26,28). The molecular formula is C21H26N4O3. The third kappa shape index (κ3) is 4.25. The number of nitrogens with one attached hydrogen (secondary N) is 1. The summed E-state index contributed by atoms with van der Waals surface area (Å²) in [5, 5.41) is 0. The number of hydrogen-bond acceptors (Lipinski definition) is 4. The van der Waals surface area contributed by atoms with Gasteiger partial charge in [-0.25, -0.2) is 4.79 Å². The van der Waals surface area contributed by atoms with Gasteiger partial charge in [-0.05, 0) is 24.3 Å². The van der Waals surface area contributed by atoms with Gasteiger partial charge in [-0.15, -0.1) is 0 Å². The number of carbonyl (C=O) groups is 1. The molecule has 1 aromatic carbocycles. The van der Waals surface area contributed by atoms with Crippen molar-refractivity contribution in [1.29, 1.82) is 0 Å². The van der Waals surface area contributed by atoms with Crippen LogP contribution in [0, 0.1) is 5.92 Å². The van der Waals surface area contributed by atoms with Gasteiger partial charge >= 0.3 is 5.69 Å².